The Morgan fingerprint density at radius 3 is 2.22 bits per heavy atom. The predicted octanol–water partition coefficient (Wildman–Crippen LogP) is 6.65. The Labute approximate surface area is 228 Å². The van der Waals surface area contributed by atoms with Crippen LogP contribution in [0.2, 0.25) is 0 Å². The second kappa shape index (κ2) is 14.2. The zero-order valence-electron chi connectivity index (χ0n) is 21.2. The second-order valence-corrected chi connectivity index (χ2v) is 11.5. The summed E-state index contributed by atoms with van der Waals surface area (Å²) in [4.78, 5) is 30.0. The predicted molar refractivity (Wildman–Crippen MR) is 153 cm³/mol. The van der Waals surface area contributed by atoms with Gasteiger partial charge in [0.2, 0.25) is 11.8 Å². The van der Waals surface area contributed by atoms with Gasteiger partial charge in [-0.25, -0.2) is 0 Å². The van der Waals surface area contributed by atoms with Crippen LogP contribution in [0.5, 0.6) is 0 Å². The van der Waals surface area contributed by atoms with E-state index in [4.69, 9.17) is 0 Å². The molecule has 1 unspecified atom stereocenters. The van der Waals surface area contributed by atoms with Crippen LogP contribution in [0.4, 0.5) is 0 Å². The molecule has 0 spiro atoms. The van der Waals surface area contributed by atoms with Gasteiger partial charge in [0.15, 0.2) is 0 Å². The lowest BCUT2D eigenvalue weighted by Gasteiger charge is -2.32. The number of rotatable bonds is 12. The van der Waals surface area contributed by atoms with Crippen LogP contribution >= 0.6 is 27.7 Å². The molecule has 1 N–H and O–H groups in total. The number of hydrogen-bond acceptors (Lipinski definition) is 3. The van der Waals surface area contributed by atoms with E-state index in [-0.39, 0.29) is 11.8 Å². The zero-order valence-corrected chi connectivity index (χ0v) is 23.6. The Balaban J connectivity index is 1.82. The van der Waals surface area contributed by atoms with Crippen LogP contribution < -0.4 is 5.32 Å². The Bertz CT molecular complexity index is 1100. The van der Waals surface area contributed by atoms with Crippen LogP contribution in [-0.2, 0) is 22.6 Å². The minimum absolute atomic E-state index is 0.0156. The highest BCUT2D eigenvalue weighted by Crippen LogP contribution is 2.22. The summed E-state index contributed by atoms with van der Waals surface area (Å²) < 4.78 is 0.981. The summed E-state index contributed by atoms with van der Waals surface area (Å²) >= 11 is 5.15. The van der Waals surface area contributed by atoms with Crippen molar-refractivity contribution in [2.24, 2.45) is 5.92 Å². The minimum atomic E-state index is -0.591. The van der Waals surface area contributed by atoms with Gasteiger partial charge in [0.25, 0.3) is 0 Å². The molecule has 3 rings (SSSR count). The average molecular weight is 568 g/mol. The Morgan fingerprint density at radius 1 is 0.917 bits per heavy atom. The van der Waals surface area contributed by atoms with Gasteiger partial charge in [-0.05, 0) is 48.2 Å². The molecule has 3 aromatic rings. The van der Waals surface area contributed by atoms with Gasteiger partial charge in [-0.2, -0.15) is 0 Å². The number of carbonyl (C=O) groups excluding carboxylic acids is 2. The molecule has 0 saturated carbocycles. The monoisotopic (exact) mass is 566 g/mol. The molecule has 6 heteroatoms. The first-order valence-electron chi connectivity index (χ1n) is 12.4. The number of carbonyl (C=O) groups is 2. The largest absolute Gasteiger partial charge is 0.354 e. The molecule has 0 heterocycles. The minimum Gasteiger partial charge on any atom is -0.354 e. The molecule has 190 valence electrons. The lowest BCUT2D eigenvalue weighted by atomic mass is 10.0. The van der Waals surface area contributed by atoms with Gasteiger partial charge in [-0.15, -0.1) is 11.8 Å². The van der Waals surface area contributed by atoms with Crippen molar-refractivity contribution in [1.82, 2.24) is 10.2 Å². The van der Waals surface area contributed by atoms with Crippen molar-refractivity contribution in [3.8, 4) is 0 Å². The number of hydrogen-bond donors (Lipinski definition) is 1. The van der Waals surface area contributed by atoms with E-state index in [1.165, 1.54) is 5.56 Å². The molecule has 0 aliphatic heterocycles. The summed E-state index contributed by atoms with van der Waals surface area (Å²) in [7, 11) is 0. The van der Waals surface area contributed by atoms with Gasteiger partial charge in [-0.3, -0.25) is 9.59 Å². The molecular weight excluding hydrogens is 532 g/mol. The second-order valence-electron chi connectivity index (χ2n) is 9.40. The molecule has 0 radical (unpaired) electrons. The average Bonchev–Trinajstić information content (AvgIpc) is 2.87. The standard InChI is InChI=1S/C30H35BrN2O2S/c1-22(2)20-32-30(35)28(19-24-7-5-4-6-8-24)33(21-25-11-13-26(31)14-12-25)29(34)17-18-36-27-15-9-23(3)10-16-27/h4-16,22,28H,17-21H2,1-3H3,(H,32,35). The smallest absolute Gasteiger partial charge is 0.243 e. The summed E-state index contributed by atoms with van der Waals surface area (Å²) in [6, 6.07) is 25.6. The number of nitrogens with zero attached hydrogens (tertiary/aromatic N) is 1. The fourth-order valence-corrected chi connectivity index (χ4v) is 4.90. The fourth-order valence-electron chi connectivity index (χ4n) is 3.80. The molecule has 36 heavy (non-hydrogen) atoms. The molecule has 0 aliphatic rings. The van der Waals surface area contributed by atoms with Crippen LogP contribution in [0.3, 0.4) is 0 Å². The van der Waals surface area contributed by atoms with Crippen molar-refractivity contribution < 1.29 is 9.59 Å². The summed E-state index contributed by atoms with van der Waals surface area (Å²) in [6.07, 6.45) is 0.829. The molecule has 0 saturated heterocycles. The highest BCUT2D eigenvalue weighted by atomic mass is 79.9. The van der Waals surface area contributed by atoms with Crippen LogP contribution in [0.15, 0.2) is 88.2 Å². The number of nitrogens with one attached hydrogen (secondary N) is 1. The zero-order chi connectivity index (χ0) is 25.9. The van der Waals surface area contributed by atoms with Crippen molar-refractivity contribution in [3.63, 3.8) is 0 Å². The highest BCUT2D eigenvalue weighted by Gasteiger charge is 2.30. The van der Waals surface area contributed by atoms with Crippen molar-refractivity contribution in [3.05, 3.63) is 100 Å². The quantitative estimate of drug-likeness (QED) is 0.249. The van der Waals surface area contributed by atoms with E-state index in [0.717, 1.165) is 20.5 Å². The van der Waals surface area contributed by atoms with Crippen LogP contribution in [0, 0.1) is 12.8 Å². The first kappa shape index (κ1) is 28.0. The number of aryl methyl sites for hydroxylation is 1. The van der Waals surface area contributed by atoms with Crippen molar-refractivity contribution in [1.29, 1.82) is 0 Å². The molecule has 0 bridgehead atoms. The maximum atomic E-state index is 13.7. The Hall–Kier alpha value is -2.57. The van der Waals surface area contributed by atoms with Crippen LogP contribution in [-0.4, -0.2) is 35.1 Å². The molecule has 1 atom stereocenters. The van der Waals surface area contributed by atoms with Crippen molar-refractivity contribution in [2.75, 3.05) is 12.3 Å². The van der Waals surface area contributed by atoms with E-state index in [1.807, 2.05) is 54.6 Å². The normalized spacial score (nSPS) is 11.8. The van der Waals surface area contributed by atoms with Crippen molar-refractivity contribution >= 4 is 39.5 Å². The maximum Gasteiger partial charge on any atom is 0.243 e. The highest BCUT2D eigenvalue weighted by molar-refractivity contribution is 9.10. The third-order valence-corrected chi connectivity index (χ3v) is 7.37. The van der Waals surface area contributed by atoms with E-state index in [0.29, 0.717) is 37.6 Å². The van der Waals surface area contributed by atoms with E-state index in [9.17, 15) is 9.59 Å². The van der Waals surface area contributed by atoms with Crippen molar-refractivity contribution in [2.45, 2.75) is 51.1 Å². The van der Waals surface area contributed by atoms with E-state index < -0.39 is 6.04 Å². The van der Waals surface area contributed by atoms with Gasteiger partial charge in [-0.1, -0.05) is 89.9 Å². The van der Waals surface area contributed by atoms with E-state index in [2.05, 4.69) is 66.3 Å². The lowest BCUT2D eigenvalue weighted by Crippen LogP contribution is -2.51. The summed E-state index contributed by atoms with van der Waals surface area (Å²) in [5.41, 5.74) is 3.24. The Kier molecular flexibility index (Phi) is 11.1. The molecular formula is C30H35BrN2O2S. The first-order valence-corrected chi connectivity index (χ1v) is 14.1. The SMILES string of the molecule is Cc1ccc(SCCC(=O)N(Cc2ccc(Br)cc2)C(Cc2ccccc2)C(=O)NCC(C)C)cc1. The number of thioether (sulfide) groups is 1. The van der Waals surface area contributed by atoms with E-state index >= 15 is 0 Å². The van der Waals surface area contributed by atoms with Gasteiger partial charge in [0.05, 0.1) is 0 Å². The van der Waals surface area contributed by atoms with Gasteiger partial charge in [0, 0.05) is 41.1 Å². The molecule has 3 aromatic carbocycles. The number of amides is 2. The van der Waals surface area contributed by atoms with Gasteiger partial charge >= 0.3 is 0 Å². The maximum absolute atomic E-state index is 13.7. The van der Waals surface area contributed by atoms with Crippen LogP contribution in [0.1, 0.15) is 37.0 Å². The molecule has 0 aromatic heterocycles. The summed E-state index contributed by atoms with van der Waals surface area (Å²) in [5, 5.41) is 3.07. The Morgan fingerprint density at radius 2 is 1.58 bits per heavy atom. The topological polar surface area (TPSA) is 49.4 Å². The third-order valence-electron chi connectivity index (χ3n) is 5.83. The molecule has 4 nitrogen and oxygen atoms in total. The van der Waals surface area contributed by atoms with Gasteiger partial charge < -0.3 is 10.2 Å². The third kappa shape index (κ3) is 9.14. The number of benzene rings is 3. The summed E-state index contributed by atoms with van der Waals surface area (Å²) in [6.45, 7) is 7.16. The summed E-state index contributed by atoms with van der Waals surface area (Å²) in [5.74, 6) is 0.861. The molecule has 2 amide bonds. The van der Waals surface area contributed by atoms with E-state index in [1.54, 1.807) is 16.7 Å². The lowest BCUT2D eigenvalue weighted by molar-refractivity contribution is -0.141. The first-order chi connectivity index (χ1) is 17.3. The fraction of sp³-hybridized carbons (Fsp3) is 0.333. The van der Waals surface area contributed by atoms with Gasteiger partial charge in [0.1, 0.15) is 6.04 Å². The number of halogens is 1. The van der Waals surface area contributed by atoms with Crippen LogP contribution in [0.25, 0.3) is 0 Å². The molecule has 0 fully saturated rings. The molecule has 0 aliphatic carbocycles.